The first-order valence-electron chi connectivity index (χ1n) is 6.35. The fourth-order valence-corrected chi connectivity index (χ4v) is 3.24. The smallest absolute Gasteiger partial charge is 0.326 e. The largest absolute Gasteiger partial charge is 0.394 e. The predicted octanol–water partition coefficient (Wildman–Crippen LogP) is 1.00. The van der Waals surface area contributed by atoms with Gasteiger partial charge in [-0.05, 0) is 24.3 Å². The van der Waals surface area contributed by atoms with Gasteiger partial charge in [-0.1, -0.05) is 6.07 Å². The van der Waals surface area contributed by atoms with E-state index in [0.29, 0.717) is 24.1 Å². The molecule has 1 fully saturated rings. The Bertz CT molecular complexity index is 704. The van der Waals surface area contributed by atoms with Gasteiger partial charge in [-0.3, -0.25) is 9.78 Å². The van der Waals surface area contributed by atoms with Gasteiger partial charge in [0.1, 0.15) is 0 Å². The third kappa shape index (κ3) is 2.35. The minimum Gasteiger partial charge on any atom is -0.394 e. The van der Waals surface area contributed by atoms with Crippen LogP contribution in [0.25, 0.3) is 10.4 Å². The number of hydrogen-bond donors (Lipinski definition) is 3. The van der Waals surface area contributed by atoms with Crippen LogP contribution in [0.3, 0.4) is 0 Å². The molecule has 3 N–H and O–H groups in total. The number of aliphatic hydroxyl groups is 1. The van der Waals surface area contributed by atoms with Crippen molar-refractivity contribution in [3.8, 4) is 10.4 Å². The van der Waals surface area contributed by atoms with Crippen LogP contribution in [0.1, 0.15) is 24.6 Å². The van der Waals surface area contributed by atoms with Crippen molar-refractivity contribution in [2.24, 2.45) is 0 Å². The van der Waals surface area contributed by atoms with Gasteiger partial charge in [0.2, 0.25) is 0 Å². The maximum absolute atomic E-state index is 12.1. The normalized spacial score (nSPS) is 22.2. The second-order valence-corrected chi connectivity index (χ2v) is 5.63. The van der Waals surface area contributed by atoms with E-state index >= 15 is 0 Å². The van der Waals surface area contributed by atoms with Gasteiger partial charge in [-0.15, -0.1) is 11.3 Å². The predicted molar refractivity (Wildman–Crippen MR) is 74.9 cm³/mol. The van der Waals surface area contributed by atoms with E-state index in [1.54, 1.807) is 0 Å². The number of aromatic nitrogens is 2. The Labute approximate surface area is 118 Å². The van der Waals surface area contributed by atoms with Crippen molar-refractivity contribution in [1.82, 2.24) is 9.97 Å². The highest BCUT2D eigenvalue weighted by Gasteiger charge is 2.30. The summed E-state index contributed by atoms with van der Waals surface area (Å²) >= 11 is 1.43. The third-order valence-corrected chi connectivity index (χ3v) is 4.26. The summed E-state index contributed by atoms with van der Waals surface area (Å²) in [4.78, 5) is 29.3. The molecule has 20 heavy (non-hydrogen) atoms. The molecule has 7 heteroatoms. The number of H-pyrrole nitrogens is 2. The van der Waals surface area contributed by atoms with Crippen LogP contribution in [-0.4, -0.2) is 27.8 Å². The summed E-state index contributed by atoms with van der Waals surface area (Å²) in [6.45, 7) is -0.0573. The first-order chi connectivity index (χ1) is 9.69. The zero-order valence-electron chi connectivity index (χ0n) is 10.6. The van der Waals surface area contributed by atoms with E-state index < -0.39 is 11.2 Å². The van der Waals surface area contributed by atoms with Crippen LogP contribution in [0.2, 0.25) is 0 Å². The summed E-state index contributed by atoms with van der Waals surface area (Å²) in [7, 11) is 0. The molecule has 0 aromatic carbocycles. The van der Waals surface area contributed by atoms with Gasteiger partial charge in [0.25, 0.3) is 5.56 Å². The van der Waals surface area contributed by atoms with Crippen molar-refractivity contribution in [3.05, 3.63) is 44.0 Å². The second kappa shape index (κ2) is 5.35. The highest BCUT2D eigenvalue weighted by Crippen LogP contribution is 2.35. The molecule has 0 spiro atoms. The van der Waals surface area contributed by atoms with E-state index in [1.807, 2.05) is 17.5 Å². The second-order valence-electron chi connectivity index (χ2n) is 4.68. The Morgan fingerprint density at radius 3 is 2.85 bits per heavy atom. The molecule has 0 aliphatic carbocycles. The van der Waals surface area contributed by atoms with E-state index in [-0.39, 0.29) is 18.8 Å². The van der Waals surface area contributed by atoms with E-state index in [0.717, 1.165) is 4.88 Å². The Hall–Kier alpha value is -1.70. The lowest BCUT2D eigenvalue weighted by atomic mass is 10.1. The molecule has 1 saturated heterocycles. The quantitative estimate of drug-likeness (QED) is 0.787. The molecule has 106 valence electrons. The molecule has 0 amide bonds. The molecular formula is C13H14N2O4S. The van der Waals surface area contributed by atoms with Gasteiger partial charge in [0, 0.05) is 4.88 Å². The molecule has 0 saturated carbocycles. The molecule has 1 aliphatic rings. The topological polar surface area (TPSA) is 95.2 Å². The van der Waals surface area contributed by atoms with Crippen LogP contribution in [0.4, 0.5) is 0 Å². The van der Waals surface area contributed by atoms with Crippen molar-refractivity contribution < 1.29 is 9.84 Å². The van der Waals surface area contributed by atoms with Gasteiger partial charge < -0.3 is 14.8 Å². The molecular weight excluding hydrogens is 280 g/mol. The molecule has 0 radical (unpaired) electrons. The fraction of sp³-hybridized carbons (Fsp3) is 0.385. The number of aliphatic hydroxyl groups excluding tert-OH is 1. The van der Waals surface area contributed by atoms with Gasteiger partial charge in [-0.25, -0.2) is 4.79 Å². The van der Waals surface area contributed by atoms with Crippen LogP contribution in [0, 0.1) is 0 Å². The number of rotatable bonds is 3. The highest BCUT2D eigenvalue weighted by atomic mass is 32.1. The van der Waals surface area contributed by atoms with Crippen LogP contribution >= 0.6 is 11.3 Å². The van der Waals surface area contributed by atoms with Crippen molar-refractivity contribution >= 4 is 11.3 Å². The average Bonchev–Trinajstić information content (AvgIpc) is 3.09. The highest BCUT2D eigenvalue weighted by molar-refractivity contribution is 7.13. The minimum atomic E-state index is -0.540. The SMILES string of the molecule is O=c1[nH]c([C@@H]2CC[C@@H](CO)O2)c(-c2cccs2)c(=O)[nH]1. The summed E-state index contributed by atoms with van der Waals surface area (Å²) in [6.07, 6.45) is 0.779. The number of aromatic amines is 2. The Morgan fingerprint density at radius 2 is 2.20 bits per heavy atom. The fourth-order valence-electron chi connectivity index (χ4n) is 2.46. The van der Waals surface area contributed by atoms with Crippen molar-refractivity contribution in [1.29, 1.82) is 0 Å². The monoisotopic (exact) mass is 294 g/mol. The molecule has 3 rings (SSSR count). The number of ether oxygens (including phenoxy) is 1. The number of nitrogens with one attached hydrogen (secondary N) is 2. The molecule has 6 nitrogen and oxygen atoms in total. The molecule has 3 heterocycles. The summed E-state index contributed by atoms with van der Waals surface area (Å²) < 4.78 is 5.68. The Morgan fingerprint density at radius 1 is 1.35 bits per heavy atom. The standard InChI is InChI=1S/C13H14N2O4S/c16-6-7-3-4-8(19-7)11-10(9-2-1-5-20-9)12(17)15-13(18)14-11/h1-2,5,7-8,16H,3-4,6H2,(H2,14,15,17,18)/t7-,8-/m0/s1. The summed E-state index contributed by atoms with van der Waals surface area (Å²) in [5.41, 5.74) is -0.0102. The Kier molecular flexibility index (Phi) is 3.56. The molecule has 0 unspecified atom stereocenters. The van der Waals surface area contributed by atoms with E-state index in [2.05, 4.69) is 9.97 Å². The van der Waals surface area contributed by atoms with Crippen molar-refractivity contribution in [3.63, 3.8) is 0 Å². The minimum absolute atomic E-state index is 0.0573. The first kappa shape index (κ1) is 13.3. The van der Waals surface area contributed by atoms with E-state index in [4.69, 9.17) is 9.84 Å². The summed E-state index contributed by atoms with van der Waals surface area (Å²) in [5, 5.41) is 11.0. The first-order valence-corrected chi connectivity index (χ1v) is 7.23. The molecule has 2 aromatic heterocycles. The van der Waals surface area contributed by atoms with Crippen LogP contribution < -0.4 is 11.2 Å². The molecule has 0 bridgehead atoms. The van der Waals surface area contributed by atoms with Crippen molar-refractivity contribution in [2.75, 3.05) is 6.61 Å². The number of thiophene rings is 1. The summed E-state index contributed by atoms with van der Waals surface area (Å²) in [5.74, 6) is 0. The lowest BCUT2D eigenvalue weighted by Gasteiger charge is -2.14. The average molecular weight is 294 g/mol. The summed E-state index contributed by atoms with van der Waals surface area (Å²) in [6, 6.07) is 3.68. The third-order valence-electron chi connectivity index (χ3n) is 3.37. The maximum Gasteiger partial charge on any atom is 0.326 e. The molecule has 2 aromatic rings. The van der Waals surface area contributed by atoms with Crippen LogP contribution in [-0.2, 0) is 4.74 Å². The lowest BCUT2D eigenvalue weighted by Crippen LogP contribution is -2.27. The lowest BCUT2D eigenvalue weighted by molar-refractivity contribution is 0.00931. The Balaban J connectivity index is 2.10. The van der Waals surface area contributed by atoms with Crippen LogP contribution in [0.5, 0.6) is 0 Å². The number of hydrogen-bond acceptors (Lipinski definition) is 5. The zero-order chi connectivity index (χ0) is 14.1. The zero-order valence-corrected chi connectivity index (χ0v) is 11.4. The van der Waals surface area contributed by atoms with Crippen molar-refractivity contribution in [2.45, 2.75) is 25.0 Å². The molecule has 1 aliphatic heterocycles. The van der Waals surface area contributed by atoms with Crippen LogP contribution in [0.15, 0.2) is 27.1 Å². The molecule has 2 atom stereocenters. The maximum atomic E-state index is 12.1. The van der Waals surface area contributed by atoms with Gasteiger partial charge in [0.05, 0.1) is 30.1 Å². The van der Waals surface area contributed by atoms with Gasteiger partial charge in [-0.2, -0.15) is 0 Å². The van der Waals surface area contributed by atoms with E-state index in [1.165, 1.54) is 11.3 Å². The van der Waals surface area contributed by atoms with Gasteiger partial charge in [0.15, 0.2) is 0 Å². The van der Waals surface area contributed by atoms with Gasteiger partial charge >= 0.3 is 5.69 Å². The van der Waals surface area contributed by atoms with E-state index in [9.17, 15) is 9.59 Å².